The molecule has 2 heteroatoms. The molecule has 0 amide bonds. The van der Waals surface area contributed by atoms with E-state index >= 15 is 0 Å². The lowest BCUT2D eigenvalue weighted by atomic mass is 9.98. The van der Waals surface area contributed by atoms with Crippen LogP contribution >= 0.6 is 15.9 Å². The molecule has 0 aliphatic carbocycles. The lowest BCUT2D eigenvalue weighted by Gasteiger charge is -2.12. The van der Waals surface area contributed by atoms with Crippen molar-refractivity contribution in [3.8, 4) is 0 Å². The second-order valence-corrected chi connectivity index (χ2v) is 5.67. The Morgan fingerprint density at radius 2 is 1.68 bits per heavy atom. The van der Waals surface area contributed by atoms with Crippen molar-refractivity contribution in [2.45, 2.75) is 44.9 Å². The first kappa shape index (κ1) is 14.4. The van der Waals surface area contributed by atoms with Crippen LogP contribution in [0.2, 0.25) is 0 Å². The number of aryl methyl sites for hydroxylation is 3. The second-order valence-electron chi connectivity index (χ2n) is 4.76. The van der Waals surface area contributed by atoms with Gasteiger partial charge in [0.05, 0.1) is 4.83 Å². The van der Waals surface area contributed by atoms with E-state index in [2.05, 4.69) is 67.0 Å². The van der Waals surface area contributed by atoms with E-state index in [1.54, 1.807) is 0 Å². The summed E-state index contributed by atoms with van der Waals surface area (Å²) in [7, 11) is 0. The summed E-state index contributed by atoms with van der Waals surface area (Å²) in [5, 5.41) is 0. The molecule has 1 unspecified atom stereocenters. The molecule has 0 radical (unpaired) electrons. The first-order chi connectivity index (χ1) is 9.19. The fraction of sp³-hybridized carbons (Fsp3) is 0.412. The number of halogens is 1. The van der Waals surface area contributed by atoms with Gasteiger partial charge in [0.1, 0.15) is 11.5 Å². The average molecular weight is 321 g/mol. The molecule has 2 aromatic rings. The van der Waals surface area contributed by atoms with Gasteiger partial charge in [0.2, 0.25) is 0 Å². The summed E-state index contributed by atoms with van der Waals surface area (Å²) in [6, 6.07) is 10.9. The third-order valence-corrected chi connectivity index (χ3v) is 4.55. The molecule has 1 nitrogen and oxygen atoms in total. The minimum atomic E-state index is 0.143. The molecule has 1 aromatic carbocycles. The van der Waals surface area contributed by atoms with Gasteiger partial charge < -0.3 is 4.42 Å². The van der Waals surface area contributed by atoms with Crippen LogP contribution in [0, 0.1) is 0 Å². The van der Waals surface area contributed by atoms with E-state index in [0.717, 1.165) is 30.8 Å². The number of hydrogen-bond donors (Lipinski definition) is 0. The standard InChI is InChI=1S/C17H21BrO/c1-4-12-7-8-14(11-13(12)5-2)17(18)16-10-9-15(6-3)19-16/h7-11,17H,4-6H2,1-3H3. The Balaban J connectivity index is 2.30. The Bertz CT molecular complexity index is 542. The molecule has 2 rings (SSSR count). The quantitative estimate of drug-likeness (QED) is 0.667. The zero-order chi connectivity index (χ0) is 13.8. The van der Waals surface area contributed by atoms with Gasteiger partial charge in [-0.1, -0.05) is 54.9 Å². The minimum Gasteiger partial charge on any atom is -0.465 e. The van der Waals surface area contributed by atoms with Crippen LogP contribution in [0.15, 0.2) is 34.7 Å². The molecule has 1 heterocycles. The van der Waals surface area contributed by atoms with Crippen molar-refractivity contribution < 1.29 is 4.42 Å². The molecule has 1 aromatic heterocycles. The molecular formula is C17H21BrO. The normalized spacial score (nSPS) is 12.6. The fourth-order valence-electron chi connectivity index (χ4n) is 2.36. The maximum Gasteiger partial charge on any atom is 0.122 e. The van der Waals surface area contributed by atoms with Crippen molar-refractivity contribution in [2.75, 3.05) is 0 Å². The lowest BCUT2D eigenvalue weighted by molar-refractivity contribution is 0.477. The molecule has 1 atom stereocenters. The molecule has 0 aliphatic heterocycles. The summed E-state index contributed by atoms with van der Waals surface area (Å²) in [5.74, 6) is 2.03. The van der Waals surface area contributed by atoms with Crippen molar-refractivity contribution >= 4 is 15.9 Å². The van der Waals surface area contributed by atoms with Gasteiger partial charge in [0.15, 0.2) is 0 Å². The van der Waals surface area contributed by atoms with E-state index in [1.807, 2.05) is 0 Å². The van der Waals surface area contributed by atoms with Crippen LogP contribution in [0.5, 0.6) is 0 Å². The molecule has 19 heavy (non-hydrogen) atoms. The van der Waals surface area contributed by atoms with E-state index in [0.29, 0.717) is 0 Å². The van der Waals surface area contributed by atoms with E-state index in [1.165, 1.54) is 16.7 Å². The molecule has 0 saturated carbocycles. The van der Waals surface area contributed by atoms with Gasteiger partial charge in [-0.2, -0.15) is 0 Å². The van der Waals surface area contributed by atoms with Crippen LogP contribution in [-0.4, -0.2) is 0 Å². The largest absolute Gasteiger partial charge is 0.465 e. The van der Waals surface area contributed by atoms with Crippen LogP contribution in [0.3, 0.4) is 0 Å². The highest BCUT2D eigenvalue weighted by molar-refractivity contribution is 9.09. The van der Waals surface area contributed by atoms with Crippen molar-refractivity contribution in [1.82, 2.24) is 0 Å². The summed E-state index contributed by atoms with van der Waals surface area (Å²) in [6.07, 6.45) is 3.11. The second kappa shape index (κ2) is 6.42. The van der Waals surface area contributed by atoms with Gasteiger partial charge in [-0.3, -0.25) is 0 Å². The van der Waals surface area contributed by atoms with E-state index in [4.69, 9.17) is 4.42 Å². The smallest absolute Gasteiger partial charge is 0.122 e. The lowest BCUT2D eigenvalue weighted by Crippen LogP contribution is -1.96. The van der Waals surface area contributed by atoms with Crippen LogP contribution in [0.25, 0.3) is 0 Å². The maximum absolute atomic E-state index is 5.83. The highest BCUT2D eigenvalue weighted by atomic mass is 79.9. The van der Waals surface area contributed by atoms with E-state index < -0.39 is 0 Å². The fourth-order valence-corrected chi connectivity index (χ4v) is 2.89. The summed E-state index contributed by atoms with van der Waals surface area (Å²) in [5.41, 5.74) is 4.15. The Morgan fingerprint density at radius 3 is 2.26 bits per heavy atom. The Morgan fingerprint density at radius 1 is 0.947 bits per heavy atom. The van der Waals surface area contributed by atoms with Crippen LogP contribution in [0.4, 0.5) is 0 Å². The maximum atomic E-state index is 5.83. The SMILES string of the molecule is CCc1ccc(C(Br)c2ccc(CC)c(CC)c2)o1. The zero-order valence-corrected chi connectivity index (χ0v) is 13.5. The van der Waals surface area contributed by atoms with Crippen LogP contribution < -0.4 is 0 Å². The number of furan rings is 1. The molecule has 102 valence electrons. The zero-order valence-electron chi connectivity index (χ0n) is 11.9. The first-order valence-corrected chi connectivity index (χ1v) is 7.95. The Labute approximate surface area is 124 Å². The average Bonchev–Trinajstić information content (AvgIpc) is 2.94. The van der Waals surface area contributed by atoms with Crippen molar-refractivity contribution in [2.24, 2.45) is 0 Å². The summed E-state index contributed by atoms with van der Waals surface area (Å²) in [4.78, 5) is 0.143. The molecule has 0 bridgehead atoms. The predicted octanol–water partition coefficient (Wildman–Crippen LogP) is 5.45. The summed E-state index contributed by atoms with van der Waals surface area (Å²) >= 11 is 3.75. The minimum absolute atomic E-state index is 0.143. The summed E-state index contributed by atoms with van der Waals surface area (Å²) in [6.45, 7) is 6.53. The Kier molecular flexibility index (Phi) is 4.87. The van der Waals surface area contributed by atoms with E-state index in [-0.39, 0.29) is 4.83 Å². The highest BCUT2D eigenvalue weighted by Gasteiger charge is 2.15. The van der Waals surface area contributed by atoms with Crippen molar-refractivity contribution in [3.05, 3.63) is 58.5 Å². The van der Waals surface area contributed by atoms with E-state index in [9.17, 15) is 0 Å². The van der Waals surface area contributed by atoms with Crippen molar-refractivity contribution in [1.29, 1.82) is 0 Å². The van der Waals surface area contributed by atoms with Gasteiger partial charge in [-0.15, -0.1) is 0 Å². The number of hydrogen-bond acceptors (Lipinski definition) is 1. The number of benzene rings is 1. The molecule has 0 saturated heterocycles. The number of alkyl halides is 1. The molecule has 0 N–H and O–H groups in total. The van der Waals surface area contributed by atoms with Gasteiger partial charge >= 0.3 is 0 Å². The van der Waals surface area contributed by atoms with Crippen molar-refractivity contribution in [3.63, 3.8) is 0 Å². The molecule has 0 spiro atoms. The molecular weight excluding hydrogens is 300 g/mol. The third kappa shape index (κ3) is 3.11. The van der Waals surface area contributed by atoms with Gasteiger partial charge in [0.25, 0.3) is 0 Å². The monoisotopic (exact) mass is 320 g/mol. The van der Waals surface area contributed by atoms with Crippen LogP contribution in [0.1, 0.15) is 53.8 Å². The summed E-state index contributed by atoms with van der Waals surface area (Å²) < 4.78 is 5.83. The highest BCUT2D eigenvalue weighted by Crippen LogP contribution is 2.33. The first-order valence-electron chi connectivity index (χ1n) is 7.03. The Hall–Kier alpha value is -1.02. The number of rotatable bonds is 5. The van der Waals surface area contributed by atoms with Gasteiger partial charge in [0, 0.05) is 6.42 Å². The van der Waals surface area contributed by atoms with Gasteiger partial charge in [-0.05, 0) is 41.7 Å². The third-order valence-electron chi connectivity index (χ3n) is 3.57. The topological polar surface area (TPSA) is 13.1 Å². The molecule has 0 fully saturated rings. The predicted molar refractivity (Wildman–Crippen MR) is 84.1 cm³/mol. The van der Waals surface area contributed by atoms with Gasteiger partial charge in [-0.25, -0.2) is 0 Å². The van der Waals surface area contributed by atoms with Crippen LogP contribution in [-0.2, 0) is 19.3 Å². The molecule has 0 aliphatic rings.